The van der Waals surface area contributed by atoms with Gasteiger partial charge in [0.25, 0.3) is 20.2 Å². The predicted octanol–water partition coefficient (Wildman–Crippen LogP) is 4.70. The fourth-order valence-corrected chi connectivity index (χ4v) is 4.38. The van der Waals surface area contributed by atoms with Gasteiger partial charge < -0.3 is 0 Å². The van der Waals surface area contributed by atoms with Crippen LogP contribution in [0.4, 0.5) is 5.69 Å². The molecule has 3 N–H and O–H groups in total. The number of fused-ring (bicyclic) bond motifs is 1. The van der Waals surface area contributed by atoms with E-state index in [9.17, 15) is 26.2 Å². The smallest absolute Gasteiger partial charge is 0.291 e. The molecule has 9 nitrogen and oxygen atoms in total. The molecule has 0 heterocycles. The first kappa shape index (κ1) is 28.9. The van der Waals surface area contributed by atoms with E-state index in [-0.39, 0.29) is 22.1 Å². The van der Waals surface area contributed by atoms with Crippen LogP contribution in [0.25, 0.3) is 10.8 Å². The summed E-state index contributed by atoms with van der Waals surface area (Å²) in [6.45, 7) is 5.78. The zero-order chi connectivity index (χ0) is 27.1. The number of hydrazone groups is 1. The van der Waals surface area contributed by atoms with Crippen LogP contribution in [0.2, 0.25) is 0 Å². The van der Waals surface area contributed by atoms with Gasteiger partial charge in [-0.3, -0.25) is 19.3 Å². The summed E-state index contributed by atoms with van der Waals surface area (Å²) in [6, 6.07) is 19.4. The fraction of sp³-hybridized carbons (Fsp3) is 0.200. The van der Waals surface area contributed by atoms with Gasteiger partial charge in [0.05, 0.1) is 17.9 Å². The van der Waals surface area contributed by atoms with Crippen LogP contribution in [0.5, 0.6) is 0 Å². The van der Waals surface area contributed by atoms with Crippen LogP contribution < -0.4 is 5.43 Å². The third-order valence-electron chi connectivity index (χ3n) is 4.89. The van der Waals surface area contributed by atoms with Gasteiger partial charge in [-0.1, -0.05) is 80.6 Å². The van der Waals surface area contributed by atoms with Crippen molar-refractivity contribution in [2.24, 2.45) is 5.10 Å². The number of hydrogen-bond acceptors (Lipinski definition) is 7. The molecule has 0 fully saturated rings. The van der Waals surface area contributed by atoms with Crippen molar-refractivity contribution in [2.75, 3.05) is 11.7 Å². The molecular weight excluding hydrogens is 504 g/mol. The highest BCUT2D eigenvalue weighted by atomic mass is 32.2. The highest BCUT2D eigenvalue weighted by Gasteiger charge is 2.31. The average molecular weight is 533 g/mol. The summed E-state index contributed by atoms with van der Waals surface area (Å²) in [4.78, 5) is 12.6. The van der Waals surface area contributed by atoms with E-state index >= 15 is 0 Å². The topological polar surface area (TPSA) is 150 Å². The molecule has 0 amide bonds. The van der Waals surface area contributed by atoms with Crippen molar-refractivity contribution >= 4 is 48.2 Å². The molecule has 36 heavy (non-hydrogen) atoms. The molecule has 0 bridgehead atoms. The van der Waals surface area contributed by atoms with Crippen molar-refractivity contribution in [3.8, 4) is 0 Å². The maximum absolute atomic E-state index is 12.8. The first-order valence-corrected chi connectivity index (χ1v) is 14.2. The maximum Gasteiger partial charge on any atom is 0.297 e. The van der Waals surface area contributed by atoms with Gasteiger partial charge in [0, 0.05) is 5.39 Å². The lowest BCUT2D eigenvalue weighted by Gasteiger charge is -2.11. The summed E-state index contributed by atoms with van der Waals surface area (Å²) in [5.41, 5.74) is 4.57. The zero-order valence-corrected chi connectivity index (χ0v) is 21.8. The number of nitrogens with one attached hydrogen (secondary N) is 1. The Kier molecular flexibility index (Phi) is 9.65. The molecule has 0 aliphatic heterocycles. The van der Waals surface area contributed by atoms with E-state index in [0.717, 1.165) is 5.56 Å². The molecule has 4 rings (SSSR count). The maximum atomic E-state index is 12.8. The van der Waals surface area contributed by atoms with E-state index in [0.29, 0.717) is 22.6 Å². The number of ketones is 1. The van der Waals surface area contributed by atoms with E-state index in [1.165, 1.54) is 6.07 Å². The molecular formula is C25H28N2O7S2. The van der Waals surface area contributed by atoms with Crippen LogP contribution in [-0.4, -0.2) is 43.7 Å². The predicted molar refractivity (Wildman–Crippen MR) is 142 cm³/mol. The molecule has 11 heteroatoms. The van der Waals surface area contributed by atoms with Gasteiger partial charge in [-0.2, -0.15) is 21.9 Å². The molecule has 0 radical (unpaired) electrons. The van der Waals surface area contributed by atoms with Crippen molar-refractivity contribution in [2.45, 2.75) is 31.6 Å². The van der Waals surface area contributed by atoms with E-state index < -0.39 is 26.2 Å². The lowest BCUT2D eigenvalue weighted by atomic mass is 9.97. The van der Waals surface area contributed by atoms with Gasteiger partial charge in [-0.05, 0) is 29.5 Å². The Morgan fingerprint density at radius 3 is 2.00 bits per heavy atom. The van der Waals surface area contributed by atoms with Gasteiger partial charge in [0.1, 0.15) is 10.6 Å². The van der Waals surface area contributed by atoms with Crippen molar-refractivity contribution in [1.29, 1.82) is 0 Å². The van der Waals surface area contributed by atoms with Gasteiger partial charge in [0.15, 0.2) is 5.78 Å². The largest absolute Gasteiger partial charge is 0.297 e. The molecule has 0 spiro atoms. The Morgan fingerprint density at radius 2 is 1.42 bits per heavy atom. The summed E-state index contributed by atoms with van der Waals surface area (Å²) < 4.78 is 59.7. The minimum atomic E-state index is -4.52. The molecule has 192 valence electrons. The van der Waals surface area contributed by atoms with Crippen molar-refractivity contribution in [1.82, 2.24) is 0 Å². The first-order chi connectivity index (χ1) is 16.9. The molecule has 1 aliphatic carbocycles. The molecule has 1 unspecified atom stereocenters. The van der Waals surface area contributed by atoms with Crippen LogP contribution in [0.1, 0.15) is 32.3 Å². The third-order valence-corrected chi connectivity index (χ3v) is 5.85. The Morgan fingerprint density at radius 1 is 0.861 bits per heavy atom. The van der Waals surface area contributed by atoms with Crippen LogP contribution in [0.15, 0.2) is 88.4 Å². The second-order valence-corrected chi connectivity index (χ2v) is 10.4. The number of rotatable bonds is 4. The lowest BCUT2D eigenvalue weighted by Crippen LogP contribution is -2.17. The number of hydrogen-bond donors (Lipinski definition) is 3. The number of allylic oxidation sites excluding steroid dienone is 2. The SMILES string of the molecule is CC.CC1=CC(c2ccccc2)C(=O)C1=NNc1ccc2ccccc2c1S(=O)(=O)O.CS(=O)(=O)O. The highest BCUT2D eigenvalue weighted by molar-refractivity contribution is 7.86. The number of benzene rings is 3. The standard InChI is InChI=1S/C22H18N2O4S.C2H6.CH4O3S/c1-14-13-18(15-7-3-2-4-8-15)21(25)20(14)24-23-19-12-11-16-9-5-6-10-17(16)22(19)29(26,27)28;1-2;1-5(2,3)4/h2-13,18,23H,1H3,(H,26,27,28);1-2H3;1H3,(H,2,3,4). The van der Waals surface area contributed by atoms with E-state index in [1.54, 1.807) is 37.3 Å². The quantitative estimate of drug-likeness (QED) is 0.323. The van der Waals surface area contributed by atoms with Crippen molar-refractivity contribution in [3.05, 3.63) is 83.9 Å². The number of nitrogens with zero attached hydrogens (tertiary/aromatic N) is 1. The molecule has 0 saturated carbocycles. The van der Waals surface area contributed by atoms with E-state index in [1.807, 2.05) is 50.3 Å². The summed E-state index contributed by atoms with van der Waals surface area (Å²) in [5.74, 6) is -0.593. The minimum Gasteiger partial charge on any atom is -0.291 e. The third kappa shape index (κ3) is 7.56. The van der Waals surface area contributed by atoms with Crippen LogP contribution >= 0.6 is 0 Å². The fourth-order valence-electron chi connectivity index (χ4n) is 3.52. The number of anilines is 1. The molecule has 3 aromatic rings. The second-order valence-electron chi connectivity index (χ2n) is 7.55. The Labute approximate surface area is 211 Å². The summed E-state index contributed by atoms with van der Waals surface area (Å²) in [7, 11) is -8.18. The van der Waals surface area contributed by atoms with Crippen molar-refractivity contribution < 1.29 is 30.7 Å². The first-order valence-electron chi connectivity index (χ1n) is 10.9. The second kappa shape index (κ2) is 12.0. The number of carbonyl (C=O) groups excluding carboxylic acids is 1. The summed E-state index contributed by atoms with van der Waals surface area (Å²) in [5, 5.41) is 5.22. The van der Waals surface area contributed by atoms with Gasteiger partial charge in [-0.25, -0.2) is 0 Å². The zero-order valence-electron chi connectivity index (χ0n) is 20.2. The minimum absolute atomic E-state index is 0.0995. The molecule has 1 aliphatic rings. The molecule has 1 atom stereocenters. The van der Waals surface area contributed by atoms with Gasteiger partial charge in [0.2, 0.25) is 0 Å². The molecule has 0 aromatic heterocycles. The van der Waals surface area contributed by atoms with E-state index in [4.69, 9.17) is 4.55 Å². The van der Waals surface area contributed by atoms with Gasteiger partial charge in [-0.15, -0.1) is 0 Å². The number of carbonyl (C=O) groups is 1. The number of Topliss-reactive ketones (excluding diaryl/α,β-unsaturated/α-hetero) is 1. The Bertz CT molecular complexity index is 1500. The van der Waals surface area contributed by atoms with E-state index in [2.05, 4.69) is 10.5 Å². The van der Waals surface area contributed by atoms with Gasteiger partial charge >= 0.3 is 0 Å². The average Bonchev–Trinajstić information content (AvgIpc) is 3.10. The lowest BCUT2D eigenvalue weighted by molar-refractivity contribution is -0.113. The molecule has 3 aromatic carbocycles. The Balaban J connectivity index is 0.000000583. The summed E-state index contributed by atoms with van der Waals surface area (Å²) >= 11 is 0. The van der Waals surface area contributed by atoms with Crippen LogP contribution in [-0.2, 0) is 25.0 Å². The monoisotopic (exact) mass is 532 g/mol. The van der Waals surface area contributed by atoms with Crippen molar-refractivity contribution in [3.63, 3.8) is 0 Å². The Hall–Kier alpha value is -3.38. The highest BCUT2D eigenvalue weighted by Crippen LogP contribution is 2.32. The normalized spacial score (nSPS) is 16.5. The molecule has 0 saturated heterocycles. The van der Waals surface area contributed by atoms with Crippen LogP contribution in [0, 0.1) is 0 Å². The van der Waals surface area contributed by atoms with Crippen LogP contribution in [0.3, 0.4) is 0 Å². The summed E-state index contributed by atoms with van der Waals surface area (Å²) in [6.07, 6.45) is 2.55.